The molecule has 0 bridgehead atoms. The summed E-state index contributed by atoms with van der Waals surface area (Å²) >= 11 is 4.91. The number of hydrazine groups is 1. The normalized spacial score (nSPS) is 20.9. The van der Waals surface area contributed by atoms with Gasteiger partial charge in [-0.05, 0) is 29.9 Å². The molecule has 2 rings (SSSR count). The number of anilines is 1. The number of thiocarbonyl (C=S) groups is 1. The second kappa shape index (κ2) is 3.20. The zero-order valence-electron chi connectivity index (χ0n) is 6.87. The molecule has 0 spiro atoms. The van der Waals surface area contributed by atoms with E-state index in [1.807, 2.05) is 24.3 Å². The number of rotatable bonds is 1. The lowest BCUT2D eigenvalue weighted by molar-refractivity contribution is 0.555. The number of nitrogens with one attached hydrogen (secondary N) is 3. The minimum absolute atomic E-state index is 0.0353. The van der Waals surface area contributed by atoms with E-state index in [2.05, 4.69) is 16.2 Å². The molecule has 1 aliphatic rings. The lowest BCUT2D eigenvalue weighted by Crippen LogP contribution is -2.26. The van der Waals surface area contributed by atoms with Crippen molar-refractivity contribution in [1.82, 2.24) is 16.2 Å². The third-order valence-electron chi connectivity index (χ3n) is 1.88. The van der Waals surface area contributed by atoms with Crippen LogP contribution in [0.5, 0.6) is 0 Å². The number of nitrogens with two attached hydrogens (primary N) is 1. The van der Waals surface area contributed by atoms with E-state index >= 15 is 0 Å². The van der Waals surface area contributed by atoms with E-state index in [1.165, 1.54) is 0 Å². The van der Waals surface area contributed by atoms with Gasteiger partial charge in [-0.2, -0.15) is 0 Å². The van der Waals surface area contributed by atoms with Gasteiger partial charge in [0.25, 0.3) is 0 Å². The molecule has 0 aromatic heterocycles. The average Bonchev–Trinajstić information content (AvgIpc) is 2.53. The lowest BCUT2D eigenvalue weighted by Gasteiger charge is -2.09. The predicted molar refractivity (Wildman–Crippen MR) is 55.6 cm³/mol. The molecule has 1 heterocycles. The van der Waals surface area contributed by atoms with Crippen molar-refractivity contribution in [2.75, 3.05) is 5.73 Å². The van der Waals surface area contributed by atoms with Gasteiger partial charge < -0.3 is 11.1 Å². The van der Waals surface area contributed by atoms with Crippen molar-refractivity contribution in [2.45, 2.75) is 6.17 Å². The van der Waals surface area contributed by atoms with E-state index in [1.54, 1.807) is 0 Å². The molecule has 5 N–H and O–H groups in total. The highest BCUT2D eigenvalue weighted by molar-refractivity contribution is 7.80. The van der Waals surface area contributed by atoms with Crippen molar-refractivity contribution < 1.29 is 0 Å². The third kappa shape index (κ3) is 1.71. The van der Waals surface area contributed by atoms with Gasteiger partial charge >= 0.3 is 0 Å². The molecule has 5 heteroatoms. The van der Waals surface area contributed by atoms with Crippen LogP contribution in [0.4, 0.5) is 5.69 Å². The molecule has 1 atom stereocenters. The first-order chi connectivity index (χ1) is 6.25. The van der Waals surface area contributed by atoms with Crippen molar-refractivity contribution >= 4 is 23.0 Å². The van der Waals surface area contributed by atoms with Crippen LogP contribution in [0.1, 0.15) is 11.7 Å². The molecule has 1 aliphatic heterocycles. The summed E-state index contributed by atoms with van der Waals surface area (Å²) in [5, 5.41) is 3.67. The van der Waals surface area contributed by atoms with Gasteiger partial charge in [-0.25, -0.2) is 5.43 Å². The highest BCUT2D eigenvalue weighted by Gasteiger charge is 2.17. The standard InChI is InChI=1S/C8H10N4S/c9-6-3-1-5(2-4-6)7-10-8(13)12-11-7/h1-4,7,11H,9H2,(H2,10,12,13). The number of hydrogen-bond acceptors (Lipinski definition) is 3. The van der Waals surface area contributed by atoms with E-state index < -0.39 is 0 Å². The topological polar surface area (TPSA) is 62.1 Å². The fraction of sp³-hybridized carbons (Fsp3) is 0.125. The van der Waals surface area contributed by atoms with E-state index in [-0.39, 0.29) is 6.17 Å². The molecule has 13 heavy (non-hydrogen) atoms. The summed E-state index contributed by atoms with van der Waals surface area (Å²) in [7, 11) is 0. The van der Waals surface area contributed by atoms with Crippen molar-refractivity contribution in [2.24, 2.45) is 0 Å². The van der Waals surface area contributed by atoms with Crippen LogP contribution in [0.2, 0.25) is 0 Å². The second-order valence-electron chi connectivity index (χ2n) is 2.84. The van der Waals surface area contributed by atoms with Crippen LogP contribution in [-0.2, 0) is 0 Å². The minimum Gasteiger partial charge on any atom is -0.399 e. The predicted octanol–water partition coefficient (Wildman–Crippen LogP) is 0.250. The van der Waals surface area contributed by atoms with Gasteiger partial charge in [0, 0.05) is 5.69 Å². The molecule has 4 nitrogen and oxygen atoms in total. The molecule has 1 saturated heterocycles. The number of hydrogen-bond donors (Lipinski definition) is 4. The smallest absolute Gasteiger partial charge is 0.182 e. The Balaban J connectivity index is 2.17. The van der Waals surface area contributed by atoms with Gasteiger partial charge in [-0.3, -0.25) is 5.43 Å². The highest BCUT2D eigenvalue weighted by Crippen LogP contribution is 2.13. The van der Waals surface area contributed by atoms with Crippen molar-refractivity contribution in [3.63, 3.8) is 0 Å². The summed E-state index contributed by atoms with van der Waals surface area (Å²) in [6.07, 6.45) is 0.0353. The van der Waals surface area contributed by atoms with E-state index in [0.717, 1.165) is 11.3 Å². The molecule has 1 fully saturated rings. The Kier molecular flexibility index (Phi) is 2.03. The average molecular weight is 194 g/mol. The SMILES string of the molecule is Nc1ccc(C2NNC(=S)N2)cc1. The zero-order chi connectivity index (χ0) is 9.26. The zero-order valence-corrected chi connectivity index (χ0v) is 7.69. The Labute approximate surface area is 81.5 Å². The van der Waals surface area contributed by atoms with Crippen LogP contribution in [-0.4, -0.2) is 5.11 Å². The molecular weight excluding hydrogens is 184 g/mol. The third-order valence-corrected chi connectivity index (χ3v) is 2.10. The molecule has 0 radical (unpaired) electrons. The second-order valence-corrected chi connectivity index (χ2v) is 3.25. The maximum Gasteiger partial charge on any atom is 0.182 e. The summed E-state index contributed by atoms with van der Waals surface area (Å²) in [4.78, 5) is 0. The highest BCUT2D eigenvalue weighted by atomic mass is 32.1. The van der Waals surface area contributed by atoms with Crippen LogP contribution in [0.3, 0.4) is 0 Å². The van der Waals surface area contributed by atoms with Gasteiger partial charge in [0.1, 0.15) is 6.17 Å². The summed E-state index contributed by atoms with van der Waals surface area (Å²) in [5.74, 6) is 0. The first-order valence-corrected chi connectivity index (χ1v) is 4.34. The summed E-state index contributed by atoms with van der Waals surface area (Å²) in [6.45, 7) is 0. The summed E-state index contributed by atoms with van der Waals surface area (Å²) in [6, 6.07) is 7.63. The molecule has 1 unspecified atom stereocenters. The fourth-order valence-electron chi connectivity index (χ4n) is 1.20. The van der Waals surface area contributed by atoms with Crippen LogP contribution < -0.4 is 21.9 Å². The van der Waals surface area contributed by atoms with Crippen molar-refractivity contribution in [3.05, 3.63) is 29.8 Å². The van der Waals surface area contributed by atoms with Gasteiger partial charge in [0.15, 0.2) is 5.11 Å². The minimum atomic E-state index is 0.0353. The van der Waals surface area contributed by atoms with E-state index in [0.29, 0.717) is 5.11 Å². The Morgan fingerprint density at radius 1 is 1.23 bits per heavy atom. The first kappa shape index (κ1) is 8.28. The van der Waals surface area contributed by atoms with Gasteiger partial charge in [0.05, 0.1) is 0 Å². The van der Waals surface area contributed by atoms with Crippen LogP contribution >= 0.6 is 12.2 Å². The molecule has 68 valence electrons. The number of benzene rings is 1. The summed E-state index contributed by atoms with van der Waals surface area (Å²) < 4.78 is 0. The van der Waals surface area contributed by atoms with Gasteiger partial charge in [-0.15, -0.1) is 0 Å². The molecule has 0 amide bonds. The molecule has 1 aromatic rings. The lowest BCUT2D eigenvalue weighted by atomic mass is 10.1. The van der Waals surface area contributed by atoms with Crippen molar-refractivity contribution in [1.29, 1.82) is 0 Å². The molecule has 1 aromatic carbocycles. The maximum absolute atomic E-state index is 5.57. The first-order valence-electron chi connectivity index (χ1n) is 3.93. The Bertz CT molecular complexity index is 321. The Morgan fingerprint density at radius 3 is 2.46 bits per heavy atom. The Morgan fingerprint density at radius 2 is 1.92 bits per heavy atom. The summed E-state index contributed by atoms with van der Waals surface area (Å²) in [5.41, 5.74) is 13.3. The molecular formula is C8H10N4S. The van der Waals surface area contributed by atoms with Gasteiger partial charge in [0.2, 0.25) is 0 Å². The quantitative estimate of drug-likeness (QED) is 0.381. The molecule has 0 saturated carbocycles. The molecule has 0 aliphatic carbocycles. The van der Waals surface area contributed by atoms with Gasteiger partial charge in [-0.1, -0.05) is 12.1 Å². The van der Waals surface area contributed by atoms with Crippen LogP contribution in [0, 0.1) is 0 Å². The monoisotopic (exact) mass is 194 g/mol. The van der Waals surface area contributed by atoms with E-state index in [4.69, 9.17) is 18.0 Å². The Hall–Kier alpha value is -1.33. The number of nitrogen functional groups attached to an aromatic ring is 1. The fourth-order valence-corrected chi connectivity index (χ4v) is 1.37. The van der Waals surface area contributed by atoms with E-state index in [9.17, 15) is 0 Å². The maximum atomic E-state index is 5.57. The van der Waals surface area contributed by atoms with Crippen LogP contribution in [0.15, 0.2) is 24.3 Å². The largest absolute Gasteiger partial charge is 0.399 e. The van der Waals surface area contributed by atoms with Crippen molar-refractivity contribution in [3.8, 4) is 0 Å². The van der Waals surface area contributed by atoms with Crippen LogP contribution in [0.25, 0.3) is 0 Å².